The van der Waals surface area contributed by atoms with E-state index in [2.05, 4.69) is 21.2 Å². The molecule has 0 bridgehead atoms. The van der Waals surface area contributed by atoms with E-state index in [1.807, 2.05) is 0 Å². The van der Waals surface area contributed by atoms with Gasteiger partial charge >= 0.3 is 0 Å². The van der Waals surface area contributed by atoms with Crippen molar-refractivity contribution in [1.29, 1.82) is 0 Å². The molecule has 0 unspecified atom stereocenters. The maximum atomic E-state index is 14.2. The third kappa shape index (κ3) is 1.91. The van der Waals surface area contributed by atoms with E-state index in [4.69, 9.17) is 9.47 Å². The van der Waals surface area contributed by atoms with Gasteiger partial charge in [0.1, 0.15) is 5.82 Å². The summed E-state index contributed by atoms with van der Waals surface area (Å²) in [4.78, 5) is 0. The van der Waals surface area contributed by atoms with Gasteiger partial charge in [0, 0.05) is 0 Å². The summed E-state index contributed by atoms with van der Waals surface area (Å²) in [6, 6.07) is 1.79. The molecule has 0 radical (unpaired) electrons. The van der Waals surface area contributed by atoms with Crippen LogP contribution in [0.25, 0.3) is 0 Å². The van der Waals surface area contributed by atoms with Gasteiger partial charge in [0.25, 0.3) is 0 Å². The largest absolute Gasteiger partial charge is 0.454 e. The Kier molecular flexibility index (Phi) is 2.96. The number of hydrogen-bond donors (Lipinski definition) is 1. The minimum Gasteiger partial charge on any atom is -0.454 e. The smallest absolute Gasteiger partial charge is 0.231 e. The Hall–Kier alpha value is -0.810. The Labute approximate surface area is 107 Å². The first kappa shape index (κ1) is 11.3. The van der Waals surface area contributed by atoms with Crippen molar-refractivity contribution in [2.75, 3.05) is 19.9 Å². The van der Waals surface area contributed by atoms with Crippen molar-refractivity contribution in [1.82, 2.24) is 5.32 Å². The van der Waals surface area contributed by atoms with Gasteiger partial charge in [-0.25, -0.2) is 4.39 Å². The van der Waals surface area contributed by atoms with E-state index in [1.54, 1.807) is 6.07 Å². The fraction of sp³-hybridized carbons (Fsp3) is 0.500. The summed E-state index contributed by atoms with van der Waals surface area (Å²) >= 11 is 3.25. The van der Waals surface area contributed by atoms with E-state index in [9.17, 15) is 4.39 Å². The van der Waals surface area contributed by atoms with E-state index in [-0.39, 0.29) is 18.5 Å². The van der Waals surface area contributed by atoms with Crippen LogP contribution in [0.15, 0.2) is 10.5 Å². The van der Waals surface area contributed by atoms with E-state index < -0.39 is 0 Å². The third-order valence-corrected chi connectivity index (χ3v) is 4.06. The van der Waals surface area contributed by atoms with Gasteiger partial charge in [0.15, 0.2) is 11.5 Å². The fourth-order valence-corrected chi connectivity index (χ4v) is 2.97. The van der Waals surface area contributed by atoms with Crippen LogP contribution in [-0.2, 0) is 0 Å². The summed E-state index contributed by atoms with van der Waals surface area (Å²) in [6.07, 6.45) is 1.92. The summed E-state index contributed by atoms with van der Waals surface area (Å²) < 4.78 is 25.2. The van der Waals surface area contributed by atoms with Crippen LogP contribution in [0.3, 0.4) is 0 Å². The fourth-order valence-electron chi connectivity index (χ4n) is 2.43. The highest BCUT2D eigenvalue weighted by atomic mass is 79.9. The number of rotatable bonds is 1. The molecule has 1 saturated heterocycles. The second-order valence-electron chi connectivity index (χ2n) is 4.35. The van der Waals surface area contributed by atoms with Gasteiger partial charge in [-0.2, -0.15) is 0 Å². The zero-order chi connectivity index (χ0) is 11.8. The van der Waals surface area contributed by atoms with Gasteiger partial charge in [-0.1, -0.05) is 0 Å². The molecule has 92 valence electrons. The molecule has 17 heavy (non-hydrogen) atoms. The van der Waals surface area contributed by atoms with Crippen LogP contribution in [0.1, 0.15) is 24.3 Å². The van der Waals surface area contributed by atoms with Crippen LogP contribution in [0, 0.1) is 5.82 Å². The standard InChI is InChI=1S/C12H13BrFNO2/c13-10-11(14)8(7-1-3-15-4-2-7)5-9-12(10)17-6-16-9/h5,7,15H,1-4,6H2. The molecule has 0 amide bonds. The van der Waals surface area contributed by atoms with Gasteiger partial charge in [-0.3, -0.25) is 0 Å². The Morgan fingerprint density at radius 2 is 2.06 bits per heavy atom. The van der Waals surface area contributed by atoms with E-state index >= 15 is 0 Å². The third-order valence-electron chi connectivity index (χ3n) is 3.35. The molecule has 0 saturated carbocycles. The van der Waals surface area contributed by atoms with Crippen LogP contribution >= 0.6 is 15.9 Å². The molecule has 3 rings (SSSR count). The summed E-state index contributed by atoms with van der Waals surface area (Å²) in [5, 5.41) is 3.28. The van der Waals surface area contributed by atoms with Crippen LogP contribution in [0.4, 0.5) is 4.39 Å². The van der Waals surface area contributed by atoms with Crippen LogP contribution in [-0.4, -0.2) is 19.9 Å². The number of hydrogen-bond acceptors (Lipinski definition) is 3. The molecular formula is C12H13BrFNO2. The highest BCUT2D eigenvalue weighted by Gasteiger charge is 2.27. The van der Waals surface area contributed by atoms with Gasteiger partial charge < -0.3 is 14.8 Å². The number of ether oxygens (including phenoxy) is 2. The number of piperidine rings is 1. The second kappa shape index (κ2) is 4.46. The molecule has 0 spiro atoms. The van der Waals surface area contributed by atoms with Crippen molar-refractivity contribution in [3.63, 3.8) is 0 Å². The van der Waals surface area contributed by atoms with Crippen LogP contribution < -0.4 is 14.8 Å². The van der Waals surface area contributed by atoms with E-state index in [0.29, 0.717) is 16.0 Å². The van der Waals surface area contributed by atoms with Crippen molar-refractivity contribution in [3.05, 3.63) is 21.9 Å². The minimum absolute atomic E-state index is 0.170. The SMILES string of the molecule is Fc1c(C2CCNCC2)cc2c(c1Br)OCO2. The van der Waals surface area contributed by atoms with E-state index in [0.717, 1.165) is 31.5 Å². The van der Waals surface area contributed by atoms with E-state index in [1.165, 1.54) is 0 Å². The second-order valence-corrected chi connectivity index (χ2v) is 5.14. The van der Waals surface area contributed by atoms with Crippen molar-refractivity contribution in [2.45, 2.75) is 18.8 Å². The van der Waals surface area contributed by atoms with Crippen molar-refractivity contribution < 1.29 is 13.9 Å². The van der Waals surface area contributed by atoms with Crippen molar-refractivity contribution in [3.8, 4) is 11.5 Å². The first-order valence-electron chi connectivity index (χ1n) is 5.75. The summed E-state index contributed by atoms with van der Waals surface area (Å²) in [5.74, 6) is 1.19. The Morgan fingerprint density at radius 3 is 2.82 bits per heavy atom. The zero-order valence-electron chi connectivity index (χ0n) is 9.26. The lowest BCUT2D eigenvalue weighted by Gasteiger charge is -2.24. The first-order chi connectivity index (χ1) is 8.27. The number of nitrogens with one attached hydrogen (secondary N) is 1. The molecule has 5 heteroatoms. The molecule has 0 aromatic heterocycles. The lowest BCUT2D eigenvalue weighted by Crippen LogP contribution is -2.27. The minimum atomic E-state index is -0.207. The van der Waals surface area contributed by atoms with Gasteiger partial charge in [0.2, 0.25) is 6.79 Å². The molecule has 1 aromatic carbocycles. The predicted molar refractivity (Wildman–Crippen MR) is 65.1 cm³/mol. The maximum Gasteiger partial charge on any atom is 0.231 e. The molecule has 0 aliphatic carbocycles. The Balaban J connectivity index is 2.01. The number of halogens is 2. The molecule has 1 aromatic rings. The maximum absolute atomic E-state index is 14.2. The number of fused-ring (bicyclic) bond motifs is 1. The Bertz CT molecular complexity index is 447. The molecule has 1 fully saturated rings. The number of benzene rings is 1. The average molecular weight is 302 g/mol. The normalized spacial score (nSPS) is 19.6. The molecule has 2 aliphatic rings. The molecular weight excluding hydrogens is 289 g/mol. The Morgan fingerprint density at radius 1 is 1.29 bits per heavy atom. The van der Waals surface area contributed by atoms with Crippen LogP contribution in [0.5, 0.6) is 11.5 Å². The molecule has 0 atom stereocenters. The average Bonchev–Trinajstić information content (AvgIpc) is 2.83. The van der Waals surface area contributed by atoms with Gasteiger partial charge in [-0.15, -0.1) is 0 Å². The lowest BCUT2D eigenvalue weighted by atomic mass is 9.89. The first-order valence-corrected chi connectivity index (χ1v) is 6.55. The van der Waals surface area contributed by atoms with Crippen molar-refractivity contribution in [2.24, 2.45) is 0 Å². The highest BCUT2D eigenvalue weighted by molar-refractivity contribution is 9.10. The molecule has 1 N–H and O–H groups in total. The van der Waals surface area contributed by atoms with Gasteiger partial charge in [0.05, 0.1) is 4.47 Å². The topological polar surface area (TPSA) is 30.5 Å². The predicted octanol–water partition coefficient (Wildman–Crippen LogP) is 2.78. The summed E-state index contributed by atoms with van der Waals surface area (Å²) in [5.41, 5.74) is 0.739. The van der Waals surface area contributed by atoms with Gasteiger partial charge in [-0.05, 0) is 59.4 Å². The monoisotopic (exact) mass is 301 g/mol. The quantitative estimate of drug-likeness (QED) is 0.865. The molecule has 3 nitrogen and oxygen atoms in total. The zero-order valence-corrected chi connectivity index (χ0v) is 10.8. The van der Waals surface area contributed by atoms with Crippen molar-refractivity contribution >= 4 is 15.9 Å². The highest BCUT2D eigenvalue weighted by Crippen LogP contribution is 2.44. The molecule has 2 heterocycles. The molecule has 2 aliphatic heterocycles. The summed E-state index contributed by atoms with van der Waals surface area (Å²) in [6.45, 7) is 2.05. The van der Waals surface area contributed by atoms with Crippen LogP contribution in [0.2, 0.25) is 0 Å². The summed E-state index contributed by atoms with van der Waals surface area (Å²) in [7, 11) is 0. The lowest BCUT2D eigenvalue weighted by molar-refractivity contribution is 0.173.